The molecule has 0 saturated heterocycles. The molecule has 1 heterocycles. The summed E-state index contributed by atoms with van der Waals surface area (Å²) < 4.78 is 1.67. The smallest absolute Gasteiger partial charge is 0.331 e. The summed E-state index contributed by atoms with van der Waals surface area (Å²) in [4.78, 5) is 34.4. The van der Waals surface area contributed by atoms with Crippen molar-refractivity contribution in [1.82, 2.24) is 9.13 Å². The molecule has 2 rings (SSSR count). The van der Waals surface area contributed by atoms with E-state index in [1.54, 1.807) is 0 Å². The molecule has 1 aromatic carbocycles. The zero-order chi connectivity index (χ0) is 13.4. The van der Waals surface area contributed by atoms with Crippen LogP contribution in [0.25, 0.3) is 10.9 Å². The minimum atomic E-state index is -1.28. The topological polar surface area (TPSA) is 102 Å². The lowest BCUT2D eigenvalue weighted by molar-refractivity contribution is -0.137. The van der Waals surface area contributed by atoms with Gasteiger partial charge < -0.3 is 10.2 Å². The van der Waals surface area contributed by atoms with E-state index in [0.717, 1.165) is 4.57 Å². The first-order valence-electron chi connectivity index (χ1n) is 5.07. The third kappa shape index (κ3) is 1.65. The number of aromatic nitrogens is 2. The summed E-state index contributed by atoms with van der Waals surface area (Å²) in [6.45, 7) is -0.711. The Morgan fingerprint density at radius 2 is 2.00 bits per heavy atom. The molecule has 2 aromatic rings. The number of aliphatic carboxylic acids is 1. The molecular formula is C11H10N2O5. The minimum Gasteiger partial charge on any atom is -0.506 e. The predicted molar refractivity (Wildman–Crippen MR) is 62.7 cm³/mol. The molecule has 0 aliphatic rings. The van der Waals surface area contributed by atoms with Crippen LogP contribution >= 0.6 is 0 Å². The molecular weight excluding hydrogens is 240 g/mol. The second-order valence-corrected chi connectivity index (χ2v) is 3.80. The maximum Gasteiger partial charge on any atom is 0.331 e. The Morgan fingerprint density at radius 3 is 2.61 bits per heavy atom. The average Bonchev–Trinajstić information content (AvgIpc) is 2.31. The van der Waals surface area contributed by atoms with Crippen molar-refractivity contribution >= 4 is 16.9 Å². The number of carbonyl (C=O) groups is 1. The normalized spacial score (nSPS) is 10.7. The number of phenols is 1. The quantitative estimate of drug-likeness (QED) is 0.747. The van der Waals surface area contributed by atoms with E-state index in [1.807, 2.05) is 0 Å². The third-order valence-electron chi connectivity index (χ3n) is 2.64. The van der Waals surface area contributed by atoms with Crippen LogP contribution in [-0.4, -0.2) is 25.3 Å². The molecule has 7 heteroatoms. The Balaban J connectivity index is 2.98. The summed E-state index contributed by atoms with van der Waals surface area (Å²) >= 11 is 0. The molecule has 7 nitrogen and oxygen atoms in total. The number of hydrogen-bond acceptors (Lipinski definition) is 4. The lowest BCUT2D eigenvalue weighted by Crippen LogP contribution is -2.40. The SMILES string of the molecule is Cn1c(=O)n(CC(=O)O)c(=O)c2cccc(O)c21. The van der Waals surface area contributed by atoms with Gasteiger partial charge >= 0.3 is 11.7 Å². The van der Waals surface area contributed by atoms with Crippen molar-refractivity contribution in [2.45, 2.75) is 6.54 Å². The van der Waals surface area contributed by atoms with Crippen LogP contribution in [0.2, 0.25) is 0 Å². The van der Waals surface area contributed by atoms with Gasteiger partial charge in [0.25, 0.3) is 5.56 Å². The first kappa shape index (κ1) is 11.9. The van der Waals surface area contributed by atoms with Crippen molar-refractivity contribution in [3.63, 3.8) is 0 Å². The Morgan fingerprint density at radius 1 is 1.33 bits per heavy atom. The number of nitrogens with zero attached hydrogens (tertiary/aromatic N) is 2. The zero-order valence-corrected chi connectivity index (χ0v) is 9.45. The van der Waals surface area contributed by atoms with Gasteiger partial charge in [-0.2, -0.15) is 0 Å². The molecule has 0 amide bonds. The number of aromatic hydroxyl groups is 1. The molecule has 0 aliphatic heterocycles. The van der Waals surface area contributed by atoms with E-state index in [-0.39, 0.29) is 16.7 Å². The van der Waals surface area contributed by atoms with Crippen LogP contribution in [0.4, 0.5) is 0 Å². The molecule has 0 aliphatic carbocycles. The van der Waals surface area contributed by atoms with Gasteiger partial charge in [-0.1, -0.05) is 6.07 Å². The maximum absolute atomic E-state index is 12.0. The Labute approximate surface area is 100 Å². The molecule has 0 atom stereocenters. The molecule has 1 aromatic heterocycles. The number of rotatable bonds is 2. The van der Waals surface area contributed by atoms with Gasteiger partial charge in [-0.05, 0) is 12.1 Å². The second-order valence-electron chi connectivity index (χ2n) is 3.80. The van der Waals surface area contributed by atoms with E-state index in [9.17, 15) is 19.5 Å². The molecule has 94 valence electrons. The van der Waals surface area contributed by atoms with Gasteiger partial charge in [-0.3, -0.25) is 14.2 Å². The number of phenolic OH excluding ortho intramolecular Hbond substituents is 1. The number of carboxylic acids is 1. The summed E-state index contributed by atoms with van der Waals surface area (Å²) in [6, 6.07) is 4.23. The van der Waals surface area contributed by atoms with Gasteiger partial charge in [0, 0.05) is 7.05 Å². The van der Waals surface area contributed by atoms with Gasteiger partial charge in [-0.25, -0.2) is 9.36 Å². The summed E-state index contributed by atoms with van der Waals surface area (Å²) in [6.07, 6.45) is 0. The van der Waals surface area contributed by atoms with Crippen LogP contribution in [0.15, 0.2) is 27.8 Å². The fourth-order valence-corrected chi connectivity index (χ4v) is 1.84. The molecule has 0 bridgehead atoms. The molecule has 0 saturated carbocycles. The van der Waals surface area contributed by atoms with Crippen LogP contribution in [-0.2, 0) is 18.4 Å². The first-order chi connectivity index (χ1) is 8.43. The number of para-hydroxylation sites is 1. The van der Waals surface area contributed by atoms with E-state index < -0.39 is 23.8 Å². The number of carboxylic acid groups (broad SMARTS) is 1. The molecule has 0 spiro atoms. The van der Waals surface area contributed by atoms with Crippen LogP contribution in [0.3, 0.4) is 0 Å². The number of hydrogen-bond donors (Lipinski definition) is 2. The third-order valence-corrected chi connectivity index (χ3v) is 2.64. The van der Waals surface area contributed by atoms with Gasteiger partial charge in [0.1, 0.15) is 12.3 Å². The average molecular weight is 250 g/mol. The van der Waals surface area contributed by atoms with E-state index in [1.165, 1.54) is 25.2 Å². The number of fused-ring (bicyclic) bond motifs is 1. The zero-order valence-electron chi connectivity index (χ0n) is 9.45. The molecule has 0 unspecified atom stereocenters. The Bertz CT molecular complexity index is 756. The largest absolute Gasteiger partial charge is 0.506 e. The molecule has 18 heavy (non-hydrogen) atoms. The van der Waals surface area contributed by atoms with Crippen LogP contribution < -0.4 is 11.2 Å². The van der Waals surface area contributed by atoms with Gasteiger partial charge in [-0.15, -0.1) is 0 Å². The van der Waals surface area contributed by atoms with E-state index >= 15 is 0 Å². The monoisotopic (exact) mass is 250 g/mol. The summed E-state index contributed by atoms with van der Waals surface area (Å²) in [5.41, 5.74) is -1.42. The molecule has 0 fully saturated rings. The summed E-state index contributed by atoms with van der Waals surface area (Å²) in [5, 5.41) is 18.4. The van der Waals surface area contributed by atoms with Crippen molar-refractivity contribution in [2.75, 3.05) is 0 Å². The highest BCUT2D eigenvalue weighted by Gasteiger charge is 2.14. The minimum absolute atomic E-state index is 0.0918. The standard InChI is InChI=1S/C11H10N2O5/c1-12-9-6(3-2-4-7(9)14)10(17)13(11(12)18)5-8(15)16/h2-4,14H,5H2,1H3,(H,15,16). The Kier molecular flexibility index (Phi) is 2.66. The summed E-state index contributed by atoms with van der Waals surface area (Å²) in [5.74, 6) is -1.49. The van der Waals surface area contributed by atoms with E-state index in [4.69, 9.17) is 5.11 Å². The highest BCUT2D eigenvalue weighted by Crippen LogP contribution is 2.19. The van der Waals surface area contributed by atoms with E-state index in [0.29, 0.717) is 4.57 Å². The Hall–Kier alpha value is -2.57. The van der Waals surface area contributed by atoms with Gasteiger partial charge in [0.15, 0.2) is 0 Å². The van der Waals surface area contributed by atoms with Crippen LogP contribution in [0, 0.1) is 0 Å². The summed E-state index contributed by atoms with van der Waals surface area (Å²) in [7, 11) is 1.36. The van der Waals surface area contributed by atoms with Crippen molar-refractivity contribution < 1.29 is 15.0 Å². The lowest BCUT2D eigenvalue weighted by Gasteiger charge is -2.09. The number of benzene rings is 1. The number of aryl methyl sites for hydroxylation is 1. The van der Waals surface area contributed by atoms with Crippen molar-refractivity contribution in [2.24, 2.45) is 7.05 Å². The fourth-order valence-electron chi connectivity index (χ4n) is 1.84. The fraction of sp³-hybridized carbons (Fsp3) is 0.182. The first-order valence-corrected chi connectivity index (χ1v) is 5.07. The highest BCUT2D eigenvalue weighted by molar-refractivity contribution is 5.83. The maximum atomic E-state index is 12.0. The van der Waals surface area contributed by atoms with Crippen molar-refractivity contribution in [1.29, 1.82) is 0 Å². The predicted octanol–water partition coefficient (Wildman–Crippen LogP) is -0.510. The van der Waals surface area contributed by atoms with Crippen molar-refractivity contribution in [3.05, 3.63) is 39.0 Å². The molecule has 2 N–H and O–H groups in total. The van der Waals surface area contributed by atoms with Gasteiger partial charge in [0.2, 0.25) is 0 Å². The van der Waals surface area contributed by atoms with E-state index in [2.05, 4.69) is 0 Å². The van der Waals surface area contributed by atoms with Crippen LogP contribution in [0.1, 0.15) is 0 Å². The molecule has 0 radical (unpaired) electrons. The highest BCUT2D eigenvalue weighted by atomic mass is 16.4. The van der Waals surface area contributed by atoms with Crippen LogP contribution in [0.5, 0.6) is 5.75 Å². The second kappa shape index (κ2) is 4.02. The van der Waals surface area contributed by atoms with Gasteiger partial charge in [0.05, 0.1) is 10.9 Å². The lowest BCUT2D eigenvalue weighted by atomic mass is 10.2. The van der Waals surface area contributed by atoms with Crippen molar-refractivity contribution in [3.8, 4) is 5.75 Å².